The molecule has 2 aromatic rings. The van der Waals surface area contributed by atoms with Gasteiger partial charge in [-0.1, -0.05) is 6.07 Å². The summed E-state index contributed by atoms with van der Waals surface area (Å²) in [4.78, 5) is 22.6. The zero-order valence-electron chi connectivity index (χ0n) is 15.1. The number of hydrogen-bond donors (Lipinski definition) is 0. The molecule has 26 heavy (non-hydrogen) atoms. The summed E-state index contributed by atoms with van der Waals surface area (Å²) in [6.45, 7) is 1.36. The van der Waals surface area contributed by atoms with Crippen molar-refractivity contribution in [3.8, 4) is 17.4 Å². The van der Waals surface area contributed by atoms with Gasteiger partial charge in [0.15, 0.2) is 11.5 Å². The summed E-state index contributed by atoms with van der Waals surface area (Å²) in [7, 11) is 3.18. The number of piperidine rings is 1. The highest BCUT2D eigenvalue weighted by atomic mass is 16.5. The van der Waals surface area contributed by atoms with Crippen LogP contribution in [0.25, 0.3) is 0 Å². The van der Waals surface area contributed by atoms with Crippen molar-refractivity contribution in [1.29, 1.82) is 0 Å². The number of rotatable bonds is 6. The lowest BCUT2D eigenvalue weighted by Gasteiger charge is -2.32. The average molecular weight is 357 g/mol. The summed E-state index contributed by atoms with van der Waals surface area (Å²) in [6.07, 6.45) is 6.81. The van der Waals surface area contributed by atoms with E-state index in [0.29, 0.717) is 36.9 Å². The molecule has 0 bridgehead atoms. The van der Waals surface area contributed by atoms with E-state index in [1.54, 1.807) is 32.8 Å². The van der Waals surface area contributed by atoms with Gasteiger partial charge >= 0.3 is 0 Å². The molecular weight excluding hydrogens is 334 g/mol. The molecule has 1 aliphatic heterocycles. The highest BCUT2D eigenvalue weighted by Gasteiger charge is 2.24. The Morgan fingerprint density at radius 2 is 1.92 bits per heavy atom. The number of likely N-dealkylation sites (tertiary alicyclic amines) is 1. The van der Waals surface area contributed by atoms with E-state index in [4.69, 9.17) is 14.2 Å². The Morgan fingerprint density at radius 3 is 2.58 bits per heavy atom. The molecule has 0 atom stereocenters. The van der Waals surface area contributed by atoms with Crippen LogP contribution in [0.3, 0.4) is 0 Å². The third-order valence-electron chi connectivity index (χ3n) is 4.42. The second-order valence-corrected chi connectivity index (χ2v) is 6.11. The molecule has 2 heterocycles. The standard InChI is InChI=1S/C19H23N3O4/c1-24-16-4-3-14(11-17(16)25-2)12-19(23)22-9-5-15(6-10-22)26-18-13-20-7-8-21-18/h3-4,7-8,11,13,15H,5-6,9-10,12H2,1-2H3. The highest BCUT2D eigenvalue weighted by molar-refractivity contribution is 5.79. The Balaban J connectivity index is 1.52. The fraction of sp³-hybridized carbons (Fsp3) is 0.421. The first-order valence-electron chi connectivity index (χ1n) is 8.61. The molecule has 0 saturated carbocycles. The minimum Gasteiger partial charge on any atom is -0.493 e. The van der Waals surface area contributed by atoms with E-state index in [1.165, 1.54) is 0 Å². The number of ether oxygens (including phenoxy) is 3. The van der Waals surface area contributed by atoms with Gasteiger partial charge < -0.3 is 19.1 Å². The van der Waals surface area contributed by atoms with E-state index in [9.17, 15) is 4.79 Å². The molecule has 1 amide bonds. The Morgan fingerprint density at radius 1 is 1.15 bits per heavy atom. The smallest absolute Gasteiger partial charge is 0.232 e. The molecule has 7 heteroatoms. The number of aromatic nitrogens is 2. The Hall–Kier alpha value is -2.83. The minimum atomic E-state index is 0.0665. The summed E-state index contributed by atoms with van der Waals surface area (Å²) in [5, 5.41) is 0. The number of carbonyl (C=O) groups is 1. The van der Waals surface area contributed by atoms with E-state index >= 15 is 0 Å². The van der Waals surface area contributed by atoms with Crippen molar-refractivity contribution in [2.75, 3.05) is 27.3 Å². The molecule has 1 aromatic carbocycles. The van der Waals surface area contributed by atoms with E-state index in [-0.39, 0.29) is 12.0 Å². The lowest BCUT2D eigenvalue weighted by molar-refractivity contribution is -0.132. The molecular formula is C19H23N3O4. The maximum Gasteiger partial charge on any atom is 0.232 e. The number of hydrogen-bond acceptors (Lipinski definition) is 6. The van der Waals surface area contributed by atoms with Crippen LogP contribution in [0, 0.1) is 0 Å². The van der Waals surface area contributed by atoms with Gasteiger partial charge in [0.1, 0.15) is 6.10 Å². The quantitative estimate of drug-likeness (QED) is 0.788. The lowest BCUT2D eigenvalue weighted by atomic mass is 10.1. The van der Waals surface area contributed by atoms with Crippen molar-refractivity contribution in [2.24, 2.45) is 0 Å². The second kappa shape index (κ2) is 8.51. The first-order chi connectivity index (χ1) is 12.7. The summed E-state index contributed by atoms with van der Waals surface area (Å²) in [6, 6.07) is 5.56. The largest absolute Gasteiger partial charge is 0.493 e. The first-order valence-corrected chi connectivity index (χ1v) is 8.61. The van der Waals surface area contributed by atoms with Gasteiger partial charge in [-0.2, -0.15) is 0 Å². The van der Waals surface area contributed by atoms with Gasteiger partial charge in [-0.15, -0.1) is 0 Å². The molecule has 0 N–H and O–H groups in total. The maximum absolute atomic E-state index is 12.6. The number of benzene rings is 1. The number of nitrogens with zero attached hydrogens (tertiary/aromatic N) is 3. The van der Waals surface area contributed by atoms with Crippen LogP contribution in [0.4, 0.5) is 0 Å². The number of amides is 1. The van der Waals surface area contributed by atoms with Crippen LogP contribution in [0.5, 0.6) is 17.4 Å². The first kappa shape index (κ1) is 18.0. The molecule has 0 spiro atoms. The van der Waals surface area contributed by atoms with E-state index in [2.05, 4.69) is 9.97 Å². The summed E-state index contributed by atoms with van der Waals surface area (Å²) in [5.41, 5.74) is 0.908. The Labute approximate surface area is 152 Å². The SMILES string of the molecule is COc1ccc(CC(=O)N2CCC(Oc3cnccn3)CC2)cc1OC. The molecule has 1 aromatic heterocycles. The fourth-order valence-electron chi connectivity index (χ4n) is 3.02. The zero-order valence-corrected chi connectivity index (χ0v) is 15.1. The van der Waals surface area contributed by atoms with Crippen molar-refractivity contribution >= 4 is 5.91 Å². The summed E-state index contributed by atoms with van der Waals surface area (Å²) in [5.74, 6) is 1.93. The van der Waals surface area contributed by atoms with Gasteiger partial charge in [-0.25, -0.2) is 4.98 Å². The van der Waals surface area contributed by atoms with Gasteiger partial charge in [0.2, 0.25) is 11.8 Å². The molecule has 3 rings (SSSR count). The highest BCUT2D eigenvalue weighted by Crippen LogP contribution is 2.28. The van der Waals surface area contributed by atoms with E-state index in [1.807, 2.05) is 23.1 Å². The maximum atomic E-state index is 12.6. The Kier molecular flexibility index (Phi) is 5.88. The minimum absolute atomic E-state index is 0.0665. The topological polar surface area (TPSA) is 73.8 Å². The molecule has 1 aliphatic rings. The van der Waals surface area contributed by atoms with E-state index in [0.717, 1.165) is 18.4 Å². The van der Waals surface area contributed by atoms with E-state index < -0.39 is 0 Å². The number of carbonyl (C=O) groups excluding carboxylic acids is 1. The lowest BCUT2D eigenvalue weighted by Crippen LogP contribution is -2.42. The van der Waals surface area contributed by atoms with Crippen molar-refractivity contribution in [1.82, 2.24) is 14.9 Å². The third-order valence-corrected chi connectivity index (χ3v) is 4.42. The fourth-order valence-corrected chi connectivity index (χ4v) is 3.02. The Bertz CT molecular complexity index is 731. The van der Waals surface area contributed by atoms with Crippen LogP contribution in [0.2, 0.25) is 0 Å². The van der Waals surface area contributed by atoms with Crippen molar-refractivity contribution in [3.63, 3.8) is 0 Å². The second-order valence-electron chi connectivity index (χ2n) is 6.11. The van der Waals surface area contributed by atoms with Gasteiger partial charge in [-0.05, 0) is 17.7 Å². The van der Waals surface area contributed by atoms with Gasteiger partial charge in [0, 0.05) is 38.3 Å². The van der Waals surface area contributed by atoms with Crippen LogP contribution < -0.4 is 14.2 Å². The average Bonchev–Trinajstić information content (AvgIpc) is 2.69. The van der Waals surface area contributed by atoms with Crippen LogP contribution >= 0.6 is 0 Å². The summed E-state index contributed by atoms with van der Waals surface area (Å²) < 4.78 is 16.3. The van der Waals surface area contributed by atoms with Crippen molar-refractivity contribution < 1.29 is 19.0 Å². The van der Waals surface area contributed by atoms with Crippen molar-refractivity contribution in [2.45, 2.75) is 25.4 Å². The van der Waals surface area contributed by atoms with Crippen LogP contribution in [0.15, 0.2) is 36.8 Å². The normalized spacial score (nSPS) is 14.8. The monoisotopic (exact) mass is 357 g/mol. The zero-order chi connectivity index (χ0) is 18.4. The number of methoxy groups -OCH3 is 2. The molecule has 0 radical (unpaired) electrons. The molecule has 7 nitrogen and oxygen atoms in total. The van der Waals surface area contributed by atoms with Crippen LogP contribution in [-0.4, -0.2) is 54.2 Å². The third kappa shape index (κ3) is 4.41. The predicted octanol–water partition coefficient (Wildman–Crippen LogP) is 2.11. The van der Waals surface area contributed by atoms with Crippen LogP contribution in [-0.2, 0) is 11.2 Å². The van der Waals surface area contributed by atoms with Gasteiger partial charge in [0.25, 0.3) is 0 Å². The molecule has 138 valence electrons. The molecule has 1 fully saturated rings. The van der Waals surface area contributed by atoms with Gasteiger partial charge in [-0.3, -0.25) is 9.78 Å². The predicted molar refractivity (Wildman–Crippen MR) is 95.5 cm³/mol. The summed E-state index contributed by atoms with van der Waals surface area (Å²) >= 11 is 0. The molecule has 1 saturated heterocycles. The van der Waals surface area contributed by atoms with Crippen LogP contribution in [0.1, 0.15) is 18.4 Å². The molecule has 0 aliphatic carbocycles. The molecule has 0 unspecified atom stereocenters. The van der Waals surface area contributed by atoms with Gasteiger partial charge in [0.05, 0.1) is 26.8 Å². The van der Waals surface area contributed by atoms with Crippen molar-refractivity contribution in [3.05, 3.63) is 42.4 Å².